The van der Waals surface area contributed by atoms with Gasteiger partial charge in [-0.3, -0.25) is 9.78 Å². The van der Waals surface area contributed by atoms with E-state index in [1.807, 2.05) is 0 Å². The molecule has 18 heavy (non-hydrogen) atoms. The van der Waals surface area contributed by atoms with Gasteiger partial charge in [0.1, 0.15) is 17.2 Å². The van der Waals surface area contributed by atoms with Gasteiger partial charge in [0.05, 0.1) is 0 Å². The van der Waals surface area contributed by atoms with Gasteiger partial charge in [-0.25, -0.2) is 0 Å². The summed E-state index contributed by atoms with van der Waals surface area (Å²) in [7, 11) is 0. The molecule has 1 aromatic rings. The quantitative estimate of drug-likeness (QED) is 0.796. The van der Waals surface area contributed by atoms with Gasteiger partial charge in [-0.15, -0.1) is 13.2 Å². The van der Waals surface area contributed by atoms with Crippen molar-refractivity contribution in [2.45, 2.75) is 12.5 Å². The van der Waals surface area contributed by atoms with Crippen LogP contribution in [-0.4, -0.2) is 11.3 Å². The van der Waals surface area contributed by atoms with Crippen LogP contribution in [0.2, 0.25) is 0 Å². The first-order chi connectivity index (χ1) is 8.04. The van der Waals surface area contributed by atoms with Crippen molar-refractivity contribution in [1.82, 2.24) is 4.98 Å². The number of hydrogen-bond acceptors (Lipinski definition) is 3. The summed E-state index contributed by atoms with van der Waals surface area (Å²) in [5.41, 5.74) is -4.70. The minimum absolute atomic E-state index is 0.0140. The molecule has 0 aromatic carbocycles. The lowest BCUT2D eigenvalue weighted by molar-refractivity contribution is -0.276. The SMILES string of the molecule is N#Cc1cc(C(F)(F)F)c(=O)[nH]c1OC(F)(F)F. The molecule has 0 saturated carbocycles. The number of hydrogen-bond donors (Lipinski definition) is 1. The minimum Gasteiger partial charge on any atom is -0.388 e. The summed E-state index contributed by atoms with van der Waals surface area (Å²) in [5.74, 6) is -1.39. The Morgan fingerprint density at radius 2 is 1.78 bits per heavy atom. The van der Waals surface area contributed by atoms with E-state index in [2.05, 4.69) is 4.74 Å². The number of pyridine rings is 1. The molecule has 0 aliphatic heterocycles. The third-order valence-electron chi connectivity index (χ3n) is 1.65. The molecule has 1 aromatic heterocycles. The Bertz CT molecular complexity index is 551. The lowest BCUT2D eigenvalue weighted by atomic mass is 10.2. The van der Waals surface area contributed by atoms with E-state index in [1.54, 1.807) is 0 Å². The molecule has 0 radical (unpaired) electrons. The fourth-order valence-corrected chi connectivity index (χ4v) is 1.00. The number of rotatable bonds is 1. The van der Waals surface area contributed by atoms with E-state index < -0.39 is 35.1 Å². The fourth-order valence-electron chi connectivity index (χ4n) is 1.00. The molecule has 10 heteroatoms. The topological polar surface area (TPSA) is 65.9 Å². The standard InChI is InChI=1S/C8H2F6N2O2/c9-7(10,11)4-1-3(2-15)6(16-5(4)17)18-8(12,13)14/h1H,(H,16,17). The largest absolute Gasteiger partial charge is 0.574 e. The van der Waals surface area contributed by atoms with Crippen molar-refractivity contribution in [3.63, 3.8) is 0 Å². The van der Waals surface area contributed by atoms with E-state index >= 15 is 0 Å². The maximum Gasteiger partial charge on any atom is 0.574 e. The second-order valence-electron chi connectivity index (χ2n) is 2.91. The minimum atomic E-state index is -5.24. The van der Waals surface area contributed by atoms with Gasteiger partial charge in [0, 0.05) is 0 Å². The van der Waals surface area contributed by atoms with Crippen molar-refractivity contribution < 1.29 is 31.1 Å². The van der Waals surface area contributed by atoms with Gasteiger partial charge in [-0.1, -0.05) is 0 Å². The molecule has 0 bridgehead atoms. The van der Waals surface area contributed by atoms with Crippen LogP contribution in [0.1, 0.15) is 11.1 Å². The smallest absolute Gasteiger partial charge is 0.388 e. The predicted octanol–water partition coefficient (Wildman–Crippen LogP) is 2.16. The van der Waals surface area contributed by atoms with Crippen LogP contribution in [0.3, 0.4) is 0 Å². The Labute approximate surface area is 94.4 Å². The van der Waals surface area contributed by atoms with Crippen LogP contribution in [0, 0.1) is 11.3 Å². The average molecular weight is 272 g/mol. The van der Waals surface area contributed by atoms with Crippen LogP contribution >= 0.6 is 0 Å². The van der Waals surface area contributed by atoms with Crippen LogP contribution in [0.25, 0.3) is 0 Å². The Kier molecular flexibility index (Phi) is 3.27. The summed E-state index contributed by atoms with van der Waals surface area (Å²) in [6.45, 7) is 0. The van der Waals surface area contributed by atoms with E-state index in [1.165, 1.54) is 4.98 Å². The molecule has 0 atom stereocenters. The van der Waals surface area contributed by atoms with E-state index in [0.29, 0.717) is 0 Å². The molecule has 1 N–H and O–H groups in total. The Morgan fingerprint density at radius 1 is 1.22 bits per heavy atom. The molecule has 0 amide bonds. The molecule has 0 aliphatic carbocycles. The number of halogens is 6. The fraction of sp³-hybridized carbons (Fsp3) is 0.250. The number of alkyl halides is 6. The molecule has 1 heterocycles. The van der Waals surface area contributed by atoms with Crippen molar-refractivity contribution in [2.75, 3.05) is 0 Å². The van der Waals surface area contributed by atoms with E-state index in [-0.39, 0.29) is 6.07 Å². The van der Waals surface area contributed by atoms with E-state index in [4.69, 9.17) is 5.26 Å². The second-order valence-corrected chi connectivity index (χ2v) is 2.91. The zero-order valence-corrected chi connectivity index (χ0v) is 8.11. The van der Waals surface area contributed by atoms with Gasteiger partial charge in [-0.2, -0.15) is 18.4 Å². The second kappa shape index (κ2) is 4.25. The highest BCUT2D eigenvalue weighted by molar-refractivity contribution is 5.40. The maximum atomic E-state index is 12.2. The summed E-state index contributed by atoms with van der Waals surface area (Å²) in [6, 6.07) is 1.05. The van der Waals surface area contributed by atoms with Crippen molar-refractivity contribution in [3.8, 4) is 11.9 Å². The third-order valence-corrected chi connectivity index (χ3v) is 1.65. The Morgan fingerprint density at radius 3 is 2.17 bits per heavy atom. The van der Waals surface area contributed by atoms with Crippen LogP contribution in [0.15, 0.2) is 10.9 Å². The van der Waals surface area contributed by atoms with Crippen molar-refractivity contribution in [3.05, 3.63) is 27.5 Å². The Hall–Kier alpha value is -2.18. The van der Waals surface area contributed by atoms with E-state index in [9.17, 15) is 31.1 Å². The highest BCUT2D eigenvalue weighted by Gasteiger charge is 2.37. The molecule has 0 saturated heterocycles. The van der Waals surface area contributed by atoms with Gasteiger partial charge in [-0.05, 0) is 6.07 Å². The predicted molar refractivity (Wildman–Crippen MR) is 43.5 cm³/mol. The molecule has 0 unspecified atom stereocenters. The first kappa shape index (κ1) is 13.9. The molecular formula is C8H2F6N2O2. The van der Waals surface area contributed by atoms with Gasteiger partial charge in [0.15, 0.2) is 0 Å². The van der Waals surface area contributed by atoms with Crippen LogP contribution in [0.5, 0.6) is 5.88 Å². The number of aromatic nitrogens is 1. The number of H-pyrrole nitrogens is 1. The molecule has 0 fully saturated rings. The molecular weight excluding hydrogens is 270 g/mol. The van der Waals surface area contributed by atoms with Gasteiger partial charge in [0.25, 0.3) is 5.56 Å². The summed E-state index contributed by atoms with van der Waals surface area (Å²) < 4.78 is 75.5. The van der Waals surface area contributed by atoms with Crippen molar-refractivity contribution in [1.29, 1.82) is 5.26 Å². The van der Waals surface area contributed by atoms with Crippen LogP contribution in [-0.2, 0) is 6.18 Å². The highest BCUT2D eigenvalue weighted by atomic mass is 19.4. The lowest BCUT2D eigenvalue weighted by Crippen LogP contribution is -2.25. The number of ether oxygens (including phenoxy) is 1. The summed E-state index contributed by atoms with van der Waals surface area (Å²) in [6.07, 6.45) is -10.3. The van der Waals surface area contributed by atoms with E-state index in [0.717, 1.165) is 6.07 Å². The first-order valence-electron chi connectivity index (χ1n) is 4.05. The first-order valence-corrected chi connectivity index (χ1v) is 4.05. The molecule has 0 aliphatic rings. The lowest BCUT2D eigenvalue weighted by Gasteiger charge is -2.11. The number of aromatic amines is 1. The zero-order valence-electron chi connectivity index (χ0n) is 8.11. The third kappa shape index (κ3) is 3.16. The van der Waals surface area contributed by atoms with Gasteiger partial charge in [0.2, 0.25) is 5.88 Å². The average Bonchev–Trinajstić information content (AvgIpc) is 2.13. The normalized spacial score (nSPS) is 12.1. The number of nitrogens with one attached hydrogen (secondary N) is 1. The Balaban J connectivity index is 3.39. The van der Waals surface area contributed by atoms with Crippen LogP contribution in [0.4, 0.5) is 26.3 Å². The highest BCUT2D eigenvalue weighted by Crippen LogP contribution is 2.30. The summed E-state index contributed by atoms with van der Waals surface area (Å²) in [5, 5.41) is 8.41. The van der Waals surface area contributed by atoms with Crippen LogP contribution < -0.4 is 10.3 Å². The number of nitriles is 1. The summed E-state index contributed by atoms with van der Waals surface area (Å²) in [4.78, 5) is 12.1. The molecule has 1 rings (SSSR count). The van der Waals surface area contributed by atoms with Crippen molar-refractivity contribution in [2.24, 2.45) is 0 Å². The molecule has 0 spiro atoms. The molecule has 4 nitrogen and oxygen atoms in total. The zero-order chi connectivity index (χ0) is 14.1. The maximum absolute atomic E-state index is 12.2. The monoisotopic (exact) mass is 272 g/mol. The number of nitrogens with zero attached hydrogens (tertiary/aromatic N) is 1. The van der Waals surface area contributed by atoms with Gasteiger partial charge >= 0.3 is 12.5 Å². The molecule has 98 valence electrons. The van der Waals surface area contributed by atoms with Gasteiger partial charge < -0.3 is 4.74 Å². The van der Waals surface area contributed by atoms with Crippen molar-refractivity contribution >= 4 is 0 Å². The summed E-state index contributed by atoms with van der Waals surface area (Å²) >= 11 is 0.